The van der Waals surface area contributed by atoms with Gasteiger partial charge in [-0.25, -0.2) is 4.98 Å². The molecule has 1 aromatic heterocycles. The van der Waals surface area contributed by atoms with E-state index in [-0.39, 0.29) is 17.4 Å². The van der Waals surface area contributed by atoms with Gasteiger partial charge in [-0.2, -0.15) is 0 Å². The second-order valence-electron chi connectivity index (χ2n) is 4.03. The molecular formula is C10H13BrN4O2. The molecule has 1 aromatic rings. The molecule has 0 aliphatic carbocycles. The molecule has 1 amide bonds. The van der Waals surface area contributed by atoms with E-state index in [2.05, 4.69) is 25.9 Å². The van der Waals surface area contributed by atoms with Crippen LogP contribution in [0.5, 0.6) is 0 Å². The number of nitrogens with two attached hydrogens (primary N) is 1. The number of anilines is 1. The maximum atomic E-state index is 11.4. The monoisotopic (exact) mass is 300 g/mol. The fourth-order valence-corrected chi connectivity index (χ4v) is 2.44. The van der Waals surface area contributed by atoms with Crippen molar-refractivity contribution in [3.8, 4) is 0 Å². The van der Waals surface area contributed by atoms with Crippen molar-refractivity contribution in [2.75, 3.05) is 18.0 Å². The molecule has 1 saturated heterocycles. The summed E-state index contributed by atoms with van der Waals surface area (Å²) in [4.78, 5) is 31.1. The van der Waals surface area contributed by atoms with Crippen LogP contribution in [0.15, 0.2) is 15.6 Å². The largest absolute Gasteiger partial charge is 0.369 e. The van der Waals surface area contributed by atoms with E-state index in [4.69, 9.17) is 5.73 Å². The summed E-state index contributed by atoms with van der Waals surface area (Å²) >= 11 is 3.22. The molecule has 7 heteroatoms. The molecule has 1 aliphatic heterocycles. The fourth-order valence-electron chi connectivity index (χ4n) is 1.97. The minimum Gasteiger partial charge on any atom is -0.369 e. The number of H-pyrrole nitrogens is 1. The Morgan fingerprint density at radius 3 is 2.76 bits per heavy atom. The number of primary amides is 1. The molecule has 2 heterocycles. The van der Waals surface area contributed by atoms with Crippen LogP contribution in [0.2, 0.25) is 0 Å². The third kappa shape index (κ3) is 2.49. The molecular weight excluding hydrogens is 288 g/mol. The highest BCUT2D eigenvalue weighted by Crippen LogP contribution is 2.25. The lowest BCUT2D eigenvalue weighted by Crippen LogP contribution is -2.39. The minimum atomic E-state index is -0.248. The highest BCUT2D eigenvalue weighted by Gasteiger charge is 2.25. The summed E-state index contributed by atoms with van der Waals surface area (Å²) in [6, 6.07) is 0. The third-order valence-electron chi connectivity index (χ3n) is 2.98. The number of hydrogen-bond donors (Lipinski definition) is 2. The Morgan fingerprint density at radius 2 is 2.18 bits per heavy atom. The number of amides is 1. The average molecular weight is 301 g/mol. The molecule has 0 radical (unpaired) electrons. The van der Waals surface area contributed by atoms with Crippen LogP contribution in [0.25, 0.3) is 0 Å². The zero-order chi connectivity index (χ0) is 12.4. The average Bonchev–Trinajstić information content (AvgIpc) is 2.33. The van der Waals surface area contributed by atoms with Gasteiger partial charge in [0.25, 0.3) is 5.56 Å². The summed E-state index contributed by atoms with van der Waals surface area (Å²) in [6.45, 7) is 1.37. The Kier molecular flexibility index (Phi) is 3.46. The Balaban J connectivity index is 2.13. The van der Waals surface area contributed by atoms with E-state index >= 15 is 0 Å². The standard InChI is InChI=1S/C10H13BrN4O2/c11-7-9(13-5-14-10(7)17)15-3-1-6(2-4-15)8(12)16/h5-6H,1-4H2,(H2,12,16)(H,13,14,17). The Hall–Kier alpha value is -1.37. The van der Waals surface area contributed by atoms with Gasteiger partial charge in [0.1, 0.15) is 10.3 Å². The SMILES string of the molecule is NC(=O)C1CCN(c2nc[nH]c(=O)c2Br)CC1. The Bertz CT molecular complexity index is 479. The number of piperidine rings is 1. The molecule has 1 aliphatic rings. The van der Waals surface area contributed by atoms with E-state index in [9.17, 15) is 9.59 Å². The van der Waals surface area contributed by atoms with Gasteiger partial charge >= 0.3 is 0 Å². The number of carbonyl (C=O) groups is 1. The molecule has 0 unspecified atom stereocenters. The van der Waals surface area contributed by atoms with Gasteiger partial charge in [0.2, 0.25) is 5.91 Å². The van der Waals surface area contributed by atoms with Crippen molar-refractivity contribution in [2.24, 2.45) is 11.7 Å². The lowest BCUT2D eigenvalue weighted by atomic mass is 9.96. The van der Waals surface area contributed by atoms with E-state index in [0.717, 1.165) is 0 Å². The number of carbonyl (C=O) groups excluding carboxylic acids is 1. The van der Waals surface area contributed by atoms with E-state index in [1.807, 2.05) is 4.90 Å². The smallest absolute Gasteiger partial charge is 0.267 e. The van der Waals surface area contributed by atoms with Crippen LogP contribution in [-0.2, 0) is 4.79 Å². The molecule has 0 atom stereocenters. The van der Waals surface area contributed by atoms with E-state index < -0.39 is 0 Å². The van der Waals surface area contributed by atoms with Gasteiger partial charge in [-0.3, -0.25) is 9.59 Å². The van der Waals surface area contributed by atoms with Crippen LogP contribution >= 0.6 is 15.9 Å². The maximum Gasteiger partial charge on any atom is 0.267 e. The summed E-state index contributed by atoms with van der Waals surface area (Å²) in [7, 11) is 0. The van der Waals surface area contributed by atoms with Crippen LogP contribution in [0.4, 0.5) is 5.82 Å². The number of nitrogens with one attached hydrogen (secondary N) is 1. The van der Waals surface area contributed by atoms with Gasteiger partial charge in [0, 0.05) is 19.0 Å². The number of aromatic nitrogens is 2. The summed E-state index contributed by atoms with van der Waals surface area (Å²) in [5, 5.41) is 0. The lowest BCUT2D eigenvalue weighted by Gasteiger charge is -2.31. The first-order valence-corrected chi connectivity index (χ1v) is 6.16. The first-order chi connectivity index (χ1) is 8.09. The molecule has 3 N–H and O–H groups in total. The van der Waals surface area contributed by atoms with Crippen molar-refractivity contribution >= 4 is 27.7 Å². The van der Waals surface area contributed by atoms with Gasteiger partial charge < -0.3 is 15.6 Å². The Labute approximate surface area is 106 Å². The van der Waals surface area contributed by atoms with Gasteiger partial charge in [-0.05, 0) is 28.8 Å². The predicted octanol–water partition coefficient (Wildman–Crippen LogP) is 0.234. The van der Waals surface area contributed by atoms with E-state index in [1.54, 1.807) is 0 Å². The molecule has 92 valence electrons. The van der Waals surface area contributed by atoms with Crippen LogP contribution in [0.3, 0.4) is 0 Å². The van der Waals surface area contributed by atoms with Crippen LogP contribution in [-0.4, -0.2) is 29.0 Å². The maximum absolute atomic E-state index is 11.4. The second kappa shape index (κ2) is 4.87. The fraction of sp³-hybridized carbons (Fsp3) is 0.500. The molecule has 0 saturated carbocycles. The number of rotatable bonds is 2. The number of halogens is 1. The molecule has 1 fully saturated rings. The molecule has 0 spiro atoms. The zero-order valence-electron chi connectivity index (χ0n) is 9.15. The molecule has 0 bridgehead atoms. The predicted molar refractivity (Wildman–Crippen MR) is 66.7 cm³/mol. The van der Waals surface area contributed by atoms with E-state index in [1.165, 1.54) is 6.33 Å². The first kappa shape index (κ1) is 12.1. The number of nitrogens with zero attached hydrogens (tertiary/aromatic N) is 2. The summed E-state index contributed by atoms with van der Waals surface area (Å²) in [5.74, 6) is 0.311. The first-order valence-electron chi connectivity index (χ1n) is 5.37. The van der Waals surface area contributed by atoms with Gasteiger partial charge in [-0.15, -0.1) is 0 Å². The van der Waals surface area contributed by atoms with Crippen molar-refractivity contribution in [3.05, 3.63) is 21.2 Å². The van der Waals surface area contributed by atoms with Crippen molar-refractivity contribution < 1.29 is 4.79 Å². The minimum absolute atomic E-state index is 0.0629. The Morgan fingerprint density at radius 1 is 1.53 bits per heavy atom. The quantitative estimate of drug-likeness (QED) is 0.818. The van der Waals surface area contributed by atoms with Crippen LogP contribution < -0.4 is 16.2 Å². The molecule has 6 nitrogen and oxygen atoms in total. The third-order valence-corrected chi connectivity index (χ3v) is 3.69. The van der Waals surface area contributed by atoms with Crippen molar-refractivity contribution in [2.45, 2.75) is 12.8 Å². The second-order valence-corrected chi connectivity index (χ2v) is 4.83. The van der Waals surface area contributed by atoms with Crippen molar-refractivity contribution in [3.63, 3.8) is 0 Å². The molecule has 2 rings (SSSR count). The van der Waals surface area contributed by atoms with Gasteiger partial charge in [-0.1, -0.05) is 0 Å². The summed E-state index contributed by atoms with van der Waals surface area (Å²) in [5.41, 5.74) is 5.07. The summed E-state index contributed by atoms with van der Waals surface area (Å²) < 4.78 is 0.428. The van der Waals surface area contributed by atoms with E-state index in [0.29, 0.717) is 36.2 Å². The van der Waals surface area contributed by atoms with Crippen molar-refractivity contribution in [1.82, 2.24) is 9.97 Å². The van der Waals surface area contributed by atoms with Crippen molar-refractivity contribution in [1.29, 1.82) is 0 Å². The number of hydrogen-bond acceptors (Lipinski definition) is 4. The molecule has 0 aromatic carbocycles. The summed E-state index contributed by atoms with van der Waals surface area (Å²) in [6.07, 6.45) is 2.79. The zero-order valence-corrected chi connectivity index (χ0v) is 10.7. The molecule has 17 heavy (non-hydrogen) atoms. The topological polar surface area (TPSA) is 92.1 Å². The highest BCUT2D eigenvalue weighted by atomic mass is 79.9. The normalized spacial score (nSPS) is 17.1. The van der Waals surface area contributed by atoms with Crippen LogP contribution in [0.1, 0.15) is 12.8 Å². The highest BCUT2D eigenvalue weighted by molar-refractivity contribution is 9.10. The van der Waals surface area contributed by atoms with Crippen LogP contribution in [0, 0.1) is 5.92 Å². The number of aromatic amines is 1. The van der Waals surface area contributed by atoms with Gasteiger partial charge in [0.05, 0.1) is 6.33 Å². The van der Waals surface area contributed by atoms with Gasteiger partial charge in [0.15, 0.2) is 0 Å². The lowest BCUT2D eigenvalue weighted by molar-refractivity contribution is -0.122.